The SMILES string of the molecule is O=C(O)C(=O)O.[AlH3].[Co]. The zero-order valence-corrected chi connectivity index (χ0v) is 4.09. The normalized spacial score (nSPS) is 5.50. The van der Waals surface area contributed by atoms with Crippen molar-refractivity contribution in [3.8, 4) is 0 Å². The molecule has 0 unspecified atom stereocenters. The summed E-state index contributed by atoms with van der Waals surface area (Å²) in [4.78, 5) is 18.2. The zero-order chi connectivity index (χ0) is 5.15. The molecule has 0 heterocycles. The van der Waals surface area contributed by atoms with E-state index in [0.29, 0.717) is 0 Å². The third-order valence-corrected chi connectivity index (χ3v) is 0.183. The summed E-state index contributed by atoms with van der Waals surface area (Å²) >= 11 is 0. The van der Waals surface area contributed by atoms with Crippen LogP contribution in [0.1, 0.15) is 0 Å². The van der Waals surface area contributed by atoms with Crippen molar-refractivity contribution in [2.24, 2.45) is 0 Å². The minimum Gasteiger partial charge on any atom is -0.473 e. The summed E-state index contributed by atoms with van der Waals surface area (Å²) in [6, 6.07) is 0. The summed E-state index contributed by atoms with van der Waals surface area (Å²) in [7, 11) is 0. The first-order valence-electron chi connectivity index (χ1n) is 1.11. The summed E-state index contributed by atoms with van der Waals surface area (Å²) in [5.41, 5.74) is 0. The van der Waals surface area contributed by atoms with E-state index in [1.165, 1.54) is 0 Å². The largest absolute Gasteiger partial charge is 0.473 e. The Bertz CT molecular complexity index is 80.0. The number of hydrogen-bond acceptors (Lipinski definition) is 2. The van der Waals surface area contributed by atoms with Gasteiger partial charge >= 0.3 is 11.9 Å². The van der Waals surface area contributed by atoms with Crippen LogP contribution in [-0.4, -0.2) is 39.5 Å². The Balaban J connectivity index is -0.000000125. The number of carboxylic acids is 2. The van der Waals surface area contributed by atoms with Crippen molar-refractivity contribution in [3.63, 3.8) is 0 Å². The predicted octanol–water partition coefficient (Wildman–Crippen LogP) is -2.03. The Hall–Kier alpha value is -0.0210. The second-order valence-electron chi connectivity index (χ2n) is 0.610. The smallest absolute Gasteiger partial charge is 0.414 e. The van der Waals surface area contributed by atoms with Crippen LogP contribution in [0.15, 0.2) is 0 Å². The van der Waals surface area contributed by atoms with Gasteiger partial charge in [0.05, 0.1) is 0 Å². The first kappa shape index (κ1) is 15.7. The van der Waals surface area contributed by atoms with Gasteiger partial charge in [-0.15, -0.1) is 0 Å². The molecule has 0 amide bonds. The number of rotatable bonds is 0. The van der Waals surface area contributed by atoms with Gasteiger partial charge in [0, 0.05) is 16.8 Å². The third kappa shape index (κ3) is 9.36. The average Bonchev–Trinajstić information content (AvgIpc) is 1.36. The maximum absolute atomic E-state index is 9.10. The molecule has 0 aliphatic rings. The Labute approximate surface area is 66.2 Å². The summed E-state index contributed by atoms with van der Waals surface area (Å²) in [5.74, 6) is -3.65. The van der Waals surface area contributed by atoms with Crippen LogP contribution in [0.5, 0.6) is 0 Å². The van der Waals surface area contributed by atoms with Crippen LogP contribution < -0.4 is 0 Å². The minimum atomic E-state index is -1.82. The maximum Gasteiger partial charge on any atom is 0.414 e. The molecule has 6 heteroatoms. The number of hydrogen-bond donors (Lipinski definition) is 2. The van der Waals surface area contributed by atoms with Gasteiger partial charge in [-0.25, -0.2) is 9.59 Å². The topological polar surface area (TPSA) is 74.6 Å². The van der Waals surface area contributed by atoms with Crippen molar-refractivity contribution in [2.45, 2.75) is 0 Å². The van der Waals surface area contributed by atoms with Crippen molar-refractivity contribution >= 4 is 29.3 Å². The molecule has 0 aliphatic carbocycles. The van der Waals surface area contributed by atoms with Crippen LogP contribution in [-0.2, 0) is 26.4 Å². The molecule has 0 aliphatic heterocycles. The van der Waals surface area contributed by atoms with E-state index >= 15 is 0 Å². The Kier molecular flexibility index (Phi) is 13.7. The van der Waals surface area contributed by atoms with Gasteiger partial charge in [0.1, 0.15) is 0 Å². The van der Waals surface area contributed by atoms with Crippen LogP contribution in [0.3, 0.4) is 0 Å². The molecule has 0 atom stereocenters. The van der Waals surface area contributed by atoms with Crippen LogP contribution in [0.25, 0.3) is 0 Å². The monoisotopic (exact) mass is 179 g/mol. The second-order valence-corrected chi connectivity index (χ2v) is 0.610. The van der Waals surface area contributed by atoms with Crippen molar-refractivity contribution in [3.05, 3.63) is 0 Å². The van der Waals surface area contributed by atoms with Gasteiger partial charge in [0.2, 0.25) is 0 Å². The maximum atomic E-state index is 9.10. The molecule has 2 N–H and O–H groups in total. The van der Waals surface area contributed by atoms with Gasteiger partial charge in [-0.05, 0) is 0 Å². The van der Waals surface area contributed by atoms with Crippen molar-refractivity contribution in [2.75, 3.05) is 0 Å². The Morgan fingerprint density at radius 1 is 1.00 bits per heavy atom. The van der Waals surface area contributed by atoms with Crippen molar-refractivity contribution < 1.29 is 36.6 Å². The first-order valence-corrected chi connectivity index (χ1v) is 1.11. The van der Waals surface area contributed by atoms with E-state index in [0.717, 1.165) is 0 Å². The van der Waals surface area contributed by atoms with Gasteiger partial charge in [-0.2, -0.15) is 0 Å². The number of carbonyl (C=O) groups is 2. The van der Waals surface area contributed by atoms with Gasteiger partial charge in [-0.3, -0.25) is 0 Å². The predicted molar refractivity (Wildman–Crippen MR) is 25.2 cm³/mol. The molecular weight excluding hydrogens is 174 g/mol. The Morgan fingerprint density at radius 3 is 1.12 bits per heavy atom. The van der Waals surface area contributed by atoms with E-state index in [4.69, 9.17) is 19.8 Å². The van der Waals surface area contributed by atoms with E-state index in [1.54, 1.807) is 0 Å². The molecule has 4 nitrogen and oxygen atoms in total. The molecule has 0 aromatic carbocycles. The minimum absolute atomic E-state index is 0. The van der Waals surface area contributed by atoms with Crippen molar-refractivity contribution in [1.29, 1.82) is 0 Å². The van der Waals surface area contributed by atoms with Gasteiger partial charge < -0.3 is 10.2 Å². The molecule has 0 rings (SSSR count). The molecule has 0 bridgehead atoms. The van der Waals surface area contributed by atoms with E-state index in [9.17, 15) is 0 Å². The fraction of sp³-hybridized carbons (Fsp3) is 0. The summed E-state index contributed by atoms with van der Waals surface area (Å²) in [6.07, 6.45) is 0. The standard InChI is InChI=1S/C2H2O4.Al.Co.3H/c3-1(4)2(5)6;;;;;/h(H,3,4)(H,5,6);;;;;. The molecule has 49 valence electrons. The van der Waals surface area contributed by atoms with Crippen LogP contribution >= 0.6 is 0 Å². The number of aliphatic carboxylic acids is 2. The molecule has 0 spiro atoms. The average molecular weight is 179 g/mol. The molecule has 8 heavy (non-hydrogen) atoms. The van der Waals surface area contributed by atoms with Crippen LogP contribution in [0.2, 0.25) is 0 Å². The molecular formula is C2H5AlCoO4. The third-order valence-electron chi connectivity index (χ3n) is 0.183. The molecule has 0 aromatic rings. The van der Waals surface area contributed by atoms with Crippen molar-refractivity contribution in [1.82, 2.24) is 0 Å². The molecule has 1 radical (unpaired) electrons. The second kappa shape index (κ2) is 6.98. The van der Waals surface area contributed by atoms with Crippen LogP contribution in [0, 0.1) is 0 Å². The molecule has 0 saturated heterocycles. The van der Waals surface area contributed by atoms with Gasteiger partial charge in [-0.1, -0.05) is 0 Å². The summed E-state index contributed by atoms with van der Waals surface area (Å²) in [6.45, 7) is 0. The van der Waals surface area contributed by atoms with Gasteiger partial charge in [0.25, 0.3) is 0 Å². The summed E-state index contributed by atoms with van der Waals surface area (Å²) < 4.78 is 0. The molecule has 0 fully saturated rings. The number of carboxylic acid groups (broad SMARTS) is 2. The molecule has 0 aromatic heterocycles. The quantitative estimate of drug-likeness (QED) is 0.332. The van der Waals surface area contributed by atoms with Gasteiger partial charge in [0.15, 0.2) is 17.4 Å². The fourth-order valence-corrected chi connectivity index (χ4v) is 0. The first-order chi connectivity index (χ1) is 2.64. The van der Waals surface area contributed by atoms with E-state index in [-0.39, 0.29) is 34.1 Å². The summed E-state index contributed by atoms with van der Waals surface area (Å²) in [5, 5.41) is 14.8. The van der Waals surface area contributed by atoms with E-state index < -0.39 is 11.9 Å². The fourth-order valence-electron chi connectivity index (χ4n) is 0. The zero-order valence-electron chi connectivity index (χ0n) is 3.04. The van der Waals surface area contributed by atoms with E-state index in [2.05, 4.69) is 0 Å². The Morgan fingerprint density at radius 2 is 1.12 bits per heavy atom. The van der Waals surface area contributed by atoms with Crippen LogP contribution in [0.4, 0.5) is 0 Å². The molecule has 0 saturated carbocycles. The van der Waals surface area contributed by atoms with E-state index in [1.807, 2.05) is 0 Å².